The average molecular weight is 401 g/mol. The predicted octanol–water partition coefficient (Wildman–Crippen LogP) is 3.25. The molecule has 0 saturated carbocycles. The number of nitrogens with zero attached hydrogens (tertiary/aromatic N) is 3. The molecular weight excluding hydrogens is 380 g/mol. The molecular formula is C20H21ClN4O3. The molecule has 0 radical (unpaired) electrons. The third-order valence-electron chi connectivity index (χ3n) is 4.02. The fraction of sp³-hybridized carbons (Fsp3) is 0.250. The van der Waals surface area contributed by atoms with Crippen molar-refractivity contribution in [3.8, 4) is 5.75 Å². The molecule has 0 unspecified atom stereocenters. The van der Waals surface area contributed by atoms with Gasteiger partial charge in [-0.2, -0.15) is 0 Å². The number of nitrogens with two attached hydrogens (primary N) is 1. The Balaban J connectivity index is 1.90. The highest BCUT2D eigenvalue weighted by atomic mass is 35.5. The van der Waals surface area contributed by atoms with Gasteiger partial charge in [0, 0.05) is 5.02 Å². The number of hydrazine groups is 1. The molecule has 146 valence electrons. The molecule has 0 aromatic heterocycles. The Hall–Kier alpha value is -2.90. The third kappa shape index (κ3) is 4.68. The van der Waals surface area contributed by atoms with Crippen molar-refractivity contribution in [1.29, 1.82) is 0 Å². The number of hydrogen-bond acceptors (Lipinski definition) is 5. The normalized spacial score (nSPS) is 16.2. The molecule has 28 heavy (non-hydrogen) atoms. The quantitative estimate of drug-likeness (QED) is 0.474. The summed E-state index contributed by atoms with van der Waals surface area (Å²) in [4.78, 5) is 30.4. The van der Waals surface area contributed by atoms with Gasteiger partial charge in [-0.1, -0.05) is 23.7 Å². The lowest BCUT2D eigenvalue weighted by Crippen LogP contribution is -2.58. The SMILES string of the molecule is CC(C)Oc1ccc(N=C2N(N)C(=O)CC(=O)N2Cc2ccc(Cl)cc2)cc1. The van der Waals surface area contributed by atoms with Gasteiger partial charge in [0.2, 0.25) is 11.9 Å². The first-order valence-corrected chi connectivity index (χ1v) is 9.19. The first kappa shape index (κ1) is 19.9. The summed E-state index contributed by atoms with van der Waals surface area (Å²) in [5, 5.41) is 1.51. The van der Waals surface area contributed by atoms with Crippen molar-refractivity contribution in [2.75, 3.05) is 0 Å². The van der Waals surface area contributed by atoms with E-state index >= 15 is 0 Å². The smallest absolute Gasteiger partial charge is 0.253 e. The van der Waals surface area contributed by atoms with Gasteiger partial charge < -0.3 is 4.74 Å². The molecule has 1 aliphatic rings. The summed E-state index contributed by atoms with van der Waals surface area (Å²) in [5.74, 6) is 5.83. The number of amides is 2. The number of aliphatic imine (C=N–C) groups is 1. The minimum atomic E-state index is -0.504. The highest BCUT2D eigenvalue weighted by Gasteiger charge is 2.34. The van der Waals surface area contributed by atoms with E-state index in [2.05, 4.69) is 4.99 Å². The van der Waals surface area contributed by atoms with Gasteiger partial charge in [-0.05, 0) is 55.8 Å². The lowest BCUT2D eigenvalue weighted by Gasteiger charge is -2.33. The maximum atomic E-state index is 12.5. The molecule has 8 heteroatoms. The minimum Gasteiger partial charge on any atom is -0.491 e. The van der Waals surface area contributed by atoms with Crippen molar-refractivity contribution >= 4 is 35.1 Å². The lowest BCUT2D eigenvalue weighted by molar-refractivity contribution is -0.141. The van der Waals surface area contributed by atoms with Crippen LogP contribution in [-0.2, 0) is 16.1 Å². The van der Waals surface area contributed by atoms with Crippen molar-refractivity contribution in [2.45, 2.75) is 32.9 Å². The van der Waals surface area contributed by atoms with Gasteiger partial charge in [-0.3, -0.25) is 14.5 Å². The second-order valence-corrected chi connectivity index (χ2v) is 7.06. The Morgan fingerprint density at radius 3 is 2.32 bits per heavy atom. The predicted molar refractivity (Wildman–Crippen MR) is 107 cm³/mol. The van der Waals surface area contributed by atoms with E-state index in [0.717, 1.165) is 10.6 Å². The van der Waals surface area contributed by atoms with E-state index < -0.39 is 5.91 Å². The largest absolute Gasteiger partial charge is 0.491 e. The van der Waals surface area contributed by atoms with E-state index in [4.69, 9.17) is 22.2 Å². The molecule has 7 nitrogen and oxygen atoms in total. The number of benzene rings is 2. The van der Waals surface area contributed by atoms with Crippen LogP contribution in [0.4, 0.5) is 5.69 Å². The molecule has 3 rings (SSSR count). The number of hydrogen-bond donors (Lipinski definition) is 1. The fourth-order valence-corrected chi connectivity index (χ4v) is 2.82. The lowest BCUT2D eigenvalue weighted by atomic mass is 10.2. The summed E-state index contributed by atoms with van der Waals surface area (Å²) in [6.07, 6.45) is -0.246. The molecule has 1 saturated heterocycles. The maximum Gasteiger partial charge on any atom is 0.253 e. The first-order valence-electron chi connectivity index (χ1n) is 8.81. The molecule has 2 amide bonds. The summed E-state index contributed by atoms with van der Waals surface area (Å²) in [5.41, 5.74) is 1.39. The van der Waals surface area contributed by atoms with Gasteiger partial charge in [0.15, 0.2) is 0 Å². The van der Waals surface area contributed by atoms with Gasteiger partial charge in [0.1, 0.15) is 12.2 Å². The van der Waals surface area contributed by atoms with Crippen LogP contribution in [0.25, 0.3) is 0 Å². The third-order valence-corrected chi connectivity index (χ3v) is 4.27. The van der Waals surface area contributed by atoms with Gasteiger partial charge >= 0.3 is 0 Å². The number of guanidine groups is 1. The maximum absolute atomic E-state index is 12.5. The van der Waals surface area contributed by atoms with Crippen molar-refractivity contribution in [1.82, 2.24) is 9.91 Å². The molecule has 2 aromatic rings. The molecule has 0 bridgehead atoms. The van der Waals surface area contributed by atoms with Crippen LogP contribution in [0.2, 0.25) is 5.02 Å². The van der Waals surface area contributed by atoms with Crippen molar-refractivity contribution in [3.63, 3.8) is 0 Å². The molecule has 1 heterocycles. The van der Waals surface area contributed by atoms with Crippen molar-refractivity contribution < 1.29 is 14.3 Å². The van der Waals surface area contributed by atoms with Crippen LogP contribution in [0.1, 0.15) is 25.8 Å². The van der Waals surface area contributed by atoms with Crippen LogP contribution in [0.5, 0.6) is 5.75 Å². The number of carbonyl (C=O) groups excluding carboxylic acids is 2. The Morgan fingerprint density at radius 2 is 1.71 bits per heavy atom. The highest BCUT2D eigenvalue weighted by molar-refractivity contribution is 6.30. The van der Waals surface area contributed by atoms with E-state index in [1.54, 1.807) is 36.4 Å². The van der Waals surface area contributed by atoms with Crippen LogP contribution < -0.4 is 10.6 Å². The number of rotatable bonds is 5. The van der Waals surface area contributed by atoms with E-state index in [1.165, 1.54) is 4.90 Å². The van der Waals surface area contributed by atoms with Crippen LogP contribution in [0.15, 0.2) is 53.5 Å². The average Bonchev–Trinajstić information content (AvgIpc) is 2.65. The number of halogens is 1. The van der Waals surface area contributed by atoms with Crippen molar-refractivity contribution in [2.24, 2.45) is 10.8 Å². The van der Waals surface area contributed by atoms with Crippen LogP contribution >= 0.6 is 11.6 Å². The highest BCUT2D eigenvalue weighted by Crippen LogP contribution is 2.22. The summed E-state index contributed by atoms with van der Waals surface area (Å²) < 4.78 is 5.61. The van der Waals surface area contributed by atoms with Gasteiger partial charge in [-0.25, -0.2) is 15.8 Å². The minimum absolute atomic E-state index is 0.0557. The molecule has 2 N–H and O–H groups in total. The van der Waals surface area contributed by atoms with Crippen LogP contribution in [0.3, 0.4) is 0 Å². The molecule has 2 aromatic carbocycles. The van der Waals surface area contributed by atoms with Gasteiger partial charge in [0.05, 0.1) is 18.3 Å². The Kier molecular flexibility index (Phi) is 5.96. The molecule has 0 aliphatic carbocycles. The summed E-state index contributed by atoms with van der Waals surface area (Å²) in [6, 6.07) is 14.1. The van der Waals surface area contributed by atoms with Crippen molar-refractivity contribution in [3.05, 3.63) is 59.1 Å². The van der Waals surface area contributed by atoms with Gasteiger partial charge in [0.25, 0.3) is 5.91 Å². The Bertz CT molecular complexity index is 895. The molecule has 1 fully saturated rings. The molecule has 1 aliphatic heterocycles. The topological polar surface area (TPSA) is 88.2 Å². The monoisotopic (exact) mass is 400 g/mol. The molecule has 0 spiro atoms. The van der Waals surface area contributed by atoms with E-state index in [-0.39, 0.29) is 30.9 Å². The van der Waals surface area contributed by atoms with Crippen LogP contribution in [0, 0.1) is 0 Å². The summed E-state index contributed by atoms with van der Waals surface area (Å²) in [6.45, 7) is 4.10. The Morgan fingerprint density at radius 1 is 1.07 bits per heavy atom. The summed E-state index contributed by atoms with van der Waals surface area (Å²) >= 11 is 5.92. The summed E-state index contributed by atoms with van der Waals surface area (Å²) in [7, 11) is 0. The number of ether oxygens (including phenoxy) is 1. The van der Waals surface area contributed by atoms with E-state index in [9.17, 15) is 9.59 Å². The fourth-order valence-electron chi connectivity index (χ4n) is 2.70. The van der Waals surface area contributed by atoms with E-state index in [0.29, 0.717) is 16.5 Å². The molecule has 0 atom stereocenters. The standard InChI is InChI=1S/C20H21ClN4O3/c1-13(2)28-17-9-7-16(8-10-17)23-20-24(18(26)11-19(27)25(20)22)12-14-3-5-15(21)6-4-14/h3-10,13H,11-12,22H2,1-2H3. The Labute approximate surface area is 168 Å². The zero-order valence-electron chi connectivity index (χ0n) is 15.6. The van der Waals surface area contributed by atoms with E-state index in [1.807, 2.05) is 26.0 Å². The first-order chi connectivity index (χ1) is 13.3. The number of carbonyl (C=O) groups is 2. The van der Waals surface area contributed by atoms with Crippen LogP contribution in [-0.4, -0.2) is 33.8 Å². The zero-order valence-corrected chi connectivity index (χ0v) is 16.4. The zero-order chi connectivity index (χ0) is 20.3. The second kappa shape index (κ2) is 8.41. The van der Waals surface area contributed by atoms with Gasteiger partial charge in [-0.15, -0.1) is 0 Å². The second-order valence-electron chi connectivity index (χ2n) is 6.62.